The minimum absolute atomic E-state index is 0.0803. The van der Waals surface area contributed by atoms with Crippen molar-refractivity contribution in [1.82, 2.24) is 20.0 Å². The van der Waals surface area contributed by atoms with E-state index in [0.29, 0.717) is 12.1 Å². The molecule has 2 aliphatic heterocycles. The Hall–Kier alpha value is -1.40. The van der Waals surface area contributed by atoms with E-state index >= 15 is 0 Å². The molecule has 0 unspecified atom stereocenters. The number of nitrogens with zero attached hydrogens (tertiary/aromatic N) is 3. The van der Waals surface area contributed by atoms with Crippen molar-refractivity contribution in [1.29, 1.82) is 0 Å². The van der Waals surface area contributed by atoms with Crippen LogP contribution in [0.25, 0.3) is 0 Å². The first kappa shape index (κ1) is 18.4. The molecule has 6 nitrogen and oxygen atoms in total. The summed E-state index contributed by atoms with van der Waals surface area (Å²) in [5.41, 5.74) is 0.864. The minimum Gasteiger partial charge on any atom is -0.372 e. The lowest BCUT2D eigenvalue weighted by Crippen LogP contribution is -2.52. The summed E-state index contributed by atoms with van der Waals surface area (Å²) in [6, 6.07) is 0.780. The van der Waals surface area contributed by atoms with E-state index in [-0.39, 0.29) is 17.4 Å². The van der Waals surface area contributed by atoms with Gasteiger partial charge < -0.3 is 15.0 Å². The zero-order chi connectivity index (χ0) is 18.0. The van der Waals surface area contributed by atoms with Gasteiger partial charge in [0.2, 0.25) is 5.91 Å². The van der Waals surface area contributed by atoms with Gasteiger partial charge in [-0.25, -0.2) is 0 Å². The van der Waals surface area contributed by atoms with Crippen molar-refractivity contribution in [3.63, 3.8) is 0 Å². The maximum absolute atomic E-state index is 12.4. The number of nitrogens with one attached hydrogen (secondary N) is 1. The van der Waals surface area contributed by atoms with Crippen LogP contribution >= 0.6 is 0 Å². The molecule has 1 aromatic rings. The first-order valence-corrected chi connectivity index (χ1v) is 9.50. The maximum atomic E-state index is 12.4. The molecule has 0 spiro atoms. The number of hydrogen-bond acceptors (Lipinski definition) is 4. The molecule has 25 heavy (non-hydrogen) atoms. The Morgan fingerprint density at radius 3 is 2.60 bits per heavy atom. The predicted octanol–water partition coefficient (Wildman–Crippen LogP) is 2.27. The number of rotatable bonds is 3. The van der Waals surface area contributed by atoms with E-state index in [2.05, 4.69) is 16.6 Å². The summed E-state index contributed by atoms with van der Waals surface area (Å²) in [7, 11) is 1.94. The molecule has 2 saturated heterocycles. The van der Waals surface area contributed by atoms with Gasteiger partial charge in [-0.05, 0) is 25.7 Å². The van der Waals surface area contributed by atoms with Crippen LogP contribution < -0.4 is 5.32 Å². The zero-order valence-electron chi connectivity index (χ0n) is 16.0. The monoisotopic (exact) mass is 348 g/mol. The van der Waals surface area contributed by atoms with Gasteiger partial charge in [0.25, 0.3) is 0 Å². The quantitative estimate of drug-likeness (QED) is 0.910. The molecule has 3 rings (SSSR count). The average molecular weight is 348 g/mol. The molecule has 1 N–H and O–H groups in total. The summed E-state index contributed by atoms with van der Waals surface area (Å²) in [4.78, 5) is 14.5. The summed E-state index contributed by atoms with van der Waals surface area (Å²) < 4.78 is 7.89. The molecular formula is C19H32N4O2. The topological polar surface area (TPSA) is 59.4 Å². The number of piperidine rings is 1. The van der Waals surface area contributed by atoms with Gasteiger partial charge in [-0.3, -0.25) is 9.48 Å². The fourth-order valence-electron chi connectivity index (χ4n) is 3.89. The van der Waals surface area contributed by atoms with Crippen molar-refractivity contribution in [2.75, 3.05) is 19.7 Å². The molecule has 1 aromatic heterocycles. The van der Waals surface area contributed by atoms with Gasteiger partial charge in [0, 0.05) is 56.0 Å². The van der Waals surface area contributed by atoms with Crippen molar-refractivity contribution in [2.24, 2.45) is 12.5 Å². The fraction of sp³-hybridized carbons (Fsp3) is 0.789. The molecule has 2 atom stereocenters. The highest BCUT2D eigenvalue weighted by Crippen LogP contribution is 2.29. The van der Waals surface area contributed by atoms with Gasteiger partial charge >= 0.3 is 0 Å². The standard InChI is InChI=1S/C19H32N4O2/c1-19(2,3)18(24)23-9-7-15(8-10-23)21-16-6-5-11-25-17(16)14-12-20-22(4)13-14/h12-13,15-17,21H,5-11H2,1-4H3/t16-,17+/m0/s1. The molecule has 2 aliphatic rings. The van der Waals surface area contributed by atoms with E-state index < -0.39 is 0 Å². The number of hydrogen-bond donors (Lipinski definition) is 1. The average Bonchev–Trinajstić information content (AvgIpc) is 3.01. The third-order valence-electron chi connectivity index (χ3n) is 5.25. The Morgan fingerprint density at radius 1 is 1.28 bits per heavy atom. The highest BCUT2D eigenvalue weighted by Gasteiger charge is 2.33. The molecule has 0 aromatic carbocycles. The zero-order valence-corrected chi connectivity index (χ0v) is 16.0. The number of aryl methyl sites for hydroxylation is 1. The first-order valence-electron chi connectivity index (χ1n) is 9.50. The lowest BCUT2D eigenvalue weighted by molar-refractivity contribution is -0.140. The van der Waals surface area contributed by atoms with Gasteiger partial charge in [0.05, 0.1) is 6.20 Å². The number of carbonyl (C=O) groups is 1. The highest BCUT2D eigenvalue weighted by atomic mass is 16.5. The van der Waals surface area contributed by atoms with Gasteiger partial charge in [-0.15, -0.1) is 0 Å². The van der Waals surface area contributed by atoms with E-state index in [0.717, 1.165) is 50.9 Å². The molecule has 2 fully saturated rings. The smallest absolute Gasteiger partial charge is 0.227 e. The Kier molecular flexibility index (Phi) is 5.49. The molecule has 0 aliphatic carbocycles. The molecule has 0 radical (unpaired) electrons. The van der Waals surface area contributed by atoms with Crippen LogP contribution in [0.5, 0.6) is 0 Å². The van der Waals surface area contributed by atoms with E-state index in [1.165, 1.54) is 0 Å². The Balaban J connectivity index is 1.56. The van der Waals surface area contributed by atoms with Gasteiger partial charge in [0.15, 0.2) is 0 Å². The van der Waals surface area contributed by atoms with Crippen LogP contribution in [-0.4, -0.2) is 52.4 Å². The van der Waals surface area contributed by atoms with Crippen molar-refractivity contribution in [3.8, 4) is 0 Å². The van der Waals surface area contributed by atoms with Crippen LogP contribution in [0.15, 0.2) is 12.4 Å². The third-order valence-corrected chi connectivity index (χ3v) is 5.25. The molecule has 140 valence electrons. The van der Waals surface area contributed by atoms with Crippen LogP contribution in [0, 0.1) is 5.41 Å². The second-order valence-electron chi connectivity index (χ2n) is 8.47. The lowest BCUT2D eigenvalue weighted by Gasteiger charge is -2.39. The number of aromatic nitrogens is 2. The Bertz CT molecular complexity index is 584. The van der Waals surface area contributed by atoms with Crippen LogP contribution in [0.3, 0.4) is 0 Å². The molecule has 6 heteroatoms. The molecule has 1 amide bonds. The van der Waals surface area contributed by atoms with E-state index in [1.54, 1.807) is 0 Å². The predicted molar refractivity (Wildman–Crippen MR) is 97.1 cm³/mol. The minimum atomic E-state index is -0.289. The Labute approximate surface area is 150 Å². The summed E-state index contributed by atoms with van der Waals surface area (Å²) in [6.07, 6.45) is 8.29. The van der Waals surface area contributed by atoms with Crippen molar-refractivity contribution in [3.05, 3.63) is 18.0 Å². The first-order chi connectivity index (χ1) is 11.8. The lowest BCUT2D eigenvalue weighted by atomic mass is 9.92. The summed E-state index contributed by atoms with van der Waals surface area (Å²) in [6.45, 7) is 8.50. The van der Waals surface area contributed by atoms with Gasteiger partial charge in [0.1, 0.15) is 6.10 Å². The number of ether oxygens (including phenoxy) is 1. The van der Waals surface area contributed by atoms with Crippen LogP contribution in [-0.2, 0) is 16.6 Å². The van der Waals surface area contributed by atoms with Crippen LogP contribution in [0.4, 0.5) is 0 Å². The normalized spacial score (nSPS) is 26.0. The molecule has 0 saturated carbocycles. The summed E-state index contributed by atoms with van der Waals surface area (Å²) >= 11 is 0. The van der Waals surface area contributed by atoms with Crippen molar-refractivity contribution in [2.45, 2.75) is 64.6 Å². The third kappa shape index (κ3) is 4.42. The highest BCUT2D eigenvalue weighted by molar-refractivity contribution is 5.81. The maximum Gasteiger partial charge on any atom is 0.227 e. The molecule has 3 heterocycles. The largest absolute Gasteiger partial charge is 0.372 e. The fourth-order valence-corrected chi connectivity index (χ4v) is 3.89. The van der Waals surface area contributed by atoms with Crippen molar-refractivity contribution < 1.29 is 9.53 Å². The SMILES string of the molecule is Cn1cc([C@H]2OCCC[C@@H]2NC2CCN(C(=O)C(C)(C)C)CC2)cn1. The molecule has 0 bridgehead atoms. The Morgan fingerprint density at radius 2 is 2.00 bits per heavy atom. The summed E-state index contributed by atoms with van der Waals surface area (Å²) in [5, 5.41) is 8.10. The van der Waals surface area contributed by atoms with Crippen molar-refractivity contribution >= 4 is 5.91 Å². The number of carbonyl (C=O) groups excluding carboxylic acids is 1. The van der Waals surface area contributed by atoms with Gasteiger partial charge in [-0.2, -0.15) is 5.10 Å². The number of amides is 1. The second-order valence-corrected chi connectivity index (χ2v) is 8.47. The van der Waals surface area contributed by atoms with E-state index in [9.17, 15) is 4.79 Å². The summed E-state index contributed by atoms with van der Waals surface area (Å²) in [5.74, 6) is 0.264. The number of likely N-dealkylation sites (tertiary alicyclic amines) is 1. The van der Waals surface area contributed by atoms with Gasteiger partial charge in [-0.1, -0.05) is 20.8 Å². The molecular weight excluding hydrogens is 316 g/mol. The van der Waals surface area contributed by atoms with Crippen LogP contribution in [0.2, 0.25) is 0 Å². The van der Waals surface area contributed by atoms with E-state index in [1.807, 2.05) is 43.6 Å². The van der Waals surface area contributed by atoms with Crippen LogP contribution in [0.1, 0.15) is 58.1 Å². The van der Waals surface area contributed by atoms with E-state index in [4.69, 9.17) is 4.74 Å². The second kappa shape index (κ2) is 7.46.